The third-order valence-corrected chi connectivity index (χ3v) is 3.66. The molecule has 1 unspecified atom stereocenters. The van der Waals surface area contributed by atoms with Crippen LogP contribution in [0.2, 0.25) is 0 Å². The quantitative estimate of drug-likeness (QED) is 0.437. The smallest absolute Gasteiger partial charge is 0.375 e. The van der Waals surface area contributed by atoms with E-state index in [2.05, 4.69) is 0 Å². The van der Waals surface area contributed by atoms with Crippen LogP contribution in [-0.2, 0) is 25.5 Å². The summed E-state index contributed by atoms with van der Waals surface area (Å²) in [5.41, 5.74) is 0.378. The van der Waals surface area contributed by atoms with Crippen molar-refractivity contribution >= 4 is 17.7 Å². The highest BCUT2D eigenvalue weighted by Gasteiger charge is 2.27. The number of ketones is 1. The Hall–Kier alpha value is -2.17. The Morgan fingerprint density at radius 3 is 2.21 bits per heavy atom. The third-order valence-electron chi connectivity index (χ3n) is 3.66. The SMILES string of the molecule is CCC(Cc1ccccc1)N(C)C(=O)CC(=O)C(=O)OC(C)(C)C. The van der Waals surface area contributed by atoms with E-state index >= 15 is 0 Å². The molecular formula is C19H27NO4. The number of rotatable bonds is 7. The molecule has 0 N–H and O–H groups in total. The van der Waals surface area contributed by atoms with Crippen LogP contribution in [0.25, 0.3) is 0 Å². The minimum atomic E-state index is -0.958. The van der Waals surface area contributed by atoms with Crippen molar-refractivity contribution in [1.82, 2.24) is 4.90 Å². The molecule has 132 valence electrons. The molecule has 0 fully saturated rings. The van der Waals surface area contributed by atoms with Gasteiger partial charge in [0.25, 0.3) is 0 Å². The number of Topliss-reactive ketones (excluding diaryl/α,β-unsaturated/α-hetero) is 1. The number of hydrogen-bond acceptors (Lipinski definition) is 4. The van der Waals surface area contributed by atoms with E-state index in [0.717, 1.165) is 12.0 Å². The Morgan fingerprint density at radius 1 is 1.12 bits per heavy atom. The van der Waals surface area contributed by atoms with Gasteiger partial charge in [-0.05, 0) is 39.2 Å². The number of nitrogens with zero attached hydrogens (tertiary/aromatic N) is 1. The second kappa shape index (κ2) is 8.62. The average Bonchev–Trinajstić information content (AvgIpc) is 2.51. The number of carbonyl (C=O) groups excluding carboxylic acids is 3. The standard InChI is InChI=1S/C19H27NO4/c1-6-15(12-14-10-8-7-9-11-14)20(5)17(22)13-16(21)18(23)24-19(2,3)4/h7-11,15H,6,12-13H2,1-5H3. The molecule has 1 atom stereocenters. The van der Waals surface area contributed by atoms with Crippen LogP contribution >= 0.6 is 0 Å². The van der Waals surface area contributed by atoms with Gasteiger partial charge in [-0.15, -0.1) is 0 Å². The summed E-state index contributed by atoms with van der Waals surface area (Å²) in [5, 5.41) is 0. The zero-order valence-electron chi connectivity index (χ0n) is 15.2. The van der Waals surface area contributed by atoms with Crippen molar-refractivity contribution in [3.05, 3.63) is 35.9 Å². The van der Waals surface area contributed by atoms with Crippen molar-refractivity contribution < 1.29 is 19.1 Å². The Labute approximate surface area is 144 Å². The van der Waals surface area contributed by atoms with E-state index in [1.54, 1.807) is 32.7 Å². The number of hydrogen-bond donors (Lipinski definition) is 0. The monoisotopic (exact) mass is 333 g/mol. The maximum Gasteiger partial charge on any atom is 0.375 e. The van der Waals surface area contributed by atoms with E-state index in [9.17, 15) is 14.4 Å². The number of esters is 1. The van der Waals surface area contributed by atoms with Crippen molar-refractivity contribution in [3.63, 3.8) is 0 Å². The highest BCUT2D eigenvalue weighted by atomic mass is 16.6. The molecule has 0 saturated heterocycles. The number of likely N-dealkylation sites (N-methyl/N-ethyl adjacent to an activating group) is 1. The van der Waals surface area contributed by atoms with Gasteiger partial charge in [0.05, 0.1) is 6.42 Å². The Bertz CT molecular complexity index is 575. The number of benzene rings is 1. The summed E-state index contributed by atoms with van der Waals surface area (Å²) < 4.78 is 5.00. The molecule has 0 spiro atoms. The molecule has 0 heterocycles. The molecule has 1 aromatic carbocycles. The van der Waals surface area contributed by atoms with Gasteiger partial charge in [0, 0.05) is 13.1 Å². The van der Waals surface area contributed by atoms with Gasteiger partial charge in [-0.2, -0.15) is 0 Å². The van der Waals surface area contributed by atoms with Crippen LogP contribution in [-0.4, -0.2) is 41.3 Å². The van der Waals surface area contributed by atoms with Crippen molar-refractivity contribution in [2.75, 3.05) is 7.05 Å². The molecule has 0 radical (unpaired) electrons. The molecule has 0 saturated carbocycles. The second-order valence-corrected chi connectivity index (χ2v) is 6.86. The summed E-state index contributed by atoms with van der Waals surface area (Å²) in [7, 11) is 1.67. The molecule has 1 amide bonds. The van der Waals surface area contributed by atoms with Crippen molar-refractivity contribution in [2.45, 2.75) is 58.6 Å². The summed E-state index contributed by atoms with van der Waals surface area (Å²) in [4.78, 5) is 37.4. The maximum absolute atomic E-state index is 12.3. The van der Waals surface area contributed by atoms with Gasteiger partial charge < -0.3 is 9.64 Å². The Balaban J connectivity index is 2.64. The van der Waals surface area contributed by atoms with Gasteiger partial charge in [0.2, 0.25) is 11.7 Å². The normalized spacial score (nSPS) is 12.4. The maximum atomic E-state index is 12.3. The first kappa shape index (κ1) is 19.9. The fourth-order valence-corrected chi connectivity index (χ4v) is 2.31. The molecule has 0 aliphatic rings. The summed E-state index contributed by atoms with van der Waals surface area (Å²) in [5.74, 6) is -2.13. The minimum Gasteiger partial charge on any atom is -0.454 e. The minimum absolute atomic E-state index is 0.0219. The number of amides is 1. The predicted octanol–water partition coefficient (Wildman–Crippen LogP) is 2.77. The van der Waals surface area contributed by atoms with Crippen LogP contribution in [0.3, 0.4) is 0 Å². The molecule has 0 aliphatic heterocycles. The van der Waals surface area contributed by atoms with Crippen LogP contribution in [0, 0.1) is 0 Å². The topological polar surface area (TPSA) is 63.7 Å². The van der Waals surface area contributed by atoms with Gasteiger partial charge in [-0.25, -0.2) is 4.79 Å². The number of carbonyl (C=O) groups is 3. The third kappa shape index (κ3) is 6.52. The van der Waals surface area contributed by atoms with Crippen LogP contribution in [0.4, 0.5) is 0 Å². The fourth-order valence-electron chi connectivity index (χ4n) is 2.31. The molecule has 0 aromatic heterocycles. The van der Waals surface area contributed by atoms with Gasteiger partial charge in [-0.3, -0.25) is 9.59 Å². The fraction of sp³-hybridized carbons (Fsp3) is 0.526. The van der Waals surface area contributed by atoms with Gasteiger partial charge in [0.15, 0.2) is 0 Å². The van der Waals surface area contributed by atoms with E-state index in [4.69, 9.17) is 4.74 Å². The molecule has 5 nitrogen and oxygen atoms in total. The summed E-state index contributed by atoms with van der Waals surface area (Å²) >= 11 is 0. The van der Waals surface area contributed by atoms with Gasteiger partial charge in [-0.1, -0.05) is 37.3 Å². The lowest BCUT2D eigenvalue weighted by Crippen LogP contribution is -2.40. The highest BCUT2D eigenvalue weighted by Crippen LogP contribution is 2.13. The first-order chi connectivity index (χ1) is 11.1. The van der Waals surface area contributed by atoms with E-state index in [0.29, 0.717) is 6.42 Å². The van der Waals surface area contributed by atoms with Gasteiger partial charge in [0.1, 0.15) is 5.60 Å². The lowest BCUT2D eigenvalue weighted by atomic mass is 10.0. The highest BCUT2D eigenvalue weighted by molar-refractivity contribution is 6.37. The lowest BCUT2D eigenvalue weighted by Gasteiger charge is -2.27. The molecule has 0 aliphatic carbocycles. The zero-order valence-corrected chi connectivity index (χ0v) is 15.2. The largest absolute Gasteiger partial charge is 0.454 e. The van der Waals surface area contributed by atoms with Crippen molar-refractivity contribution in [2.24, 2.45) is 0 Å². The van der Waals surface area contributed by atoms with Crippen molar-refractivity contribution in [1.29, 1.82) is 0 Å². The van der Waals surface area contributed by atoms with E-state index in [1.807, 2.05) is 37.3 Å². The summed E-state index contributed by atoms with van der Waals surface area (Å²) in [6.07, 6.45) is 1.01. The predicted molar refractivity (Wildman–Crippen MR) is 92.5 cm³/mol. The van der Waals surface area contributed by atoms with Crippen LogP contribution in [0.15, 0.2) is 30.3 Å². The first-order valence-corrected chi connectivity index (χ1v) is 8.19. The summed E-state index contributed by atoms with van der Waals surface area (Å²) in [6.45, 7) is 7.03. The Morgan fingerprint density at radius 2 is 1.71 bits per heavy atom. The average molecular weight is 333 g/mol. The van der Waals surface area contributed by atoms with E-state index in [1.165, 1.54) is 0 Å². The van der Waals surface area contributed by atoms with Gasteiger partial charge >= 0.3 is 5.97 Å². The lowest BCUT2D eigenvalue weighted by molar-refractivity contribution is -0.163. The van der Waals surface area contributed by atoms with Crippen molar-refractivity contribution in [3.8, 4) is 0 Å². The number of ether oxygens (including phenoxy) is 1. The second-order valence-electron chi connectivity index (χ2n) is 6.86. The Kier molecular flexibility index (Phi) is 7.14. The molecule has 1 aromatic rings. The van der Waals surface area contributed by atoms with Crippen LogP contribution < -0.4 is 0 Å². The zero-order chi connectivity index (χ0) is 18.3. The van der Waals surface area contributed by atoms with Crippen LogP contribution in [0.5, 0.6) is 0 Å². The van der Waals surface area contributed by atoms with E-state index < -0.39 is 23.8 Å². The summed E-state index contributed by atoms with van der Waals surface area (Å²) in [6, 6.07) is 9.84. The molecule has 24 heavy (non-hydrogen) atoms. The van der Waals surface area contributed by atoms with E-state index in [-0.39, 0.29) is 11.9 Å². The molecule has 0 bridgehead atoms. The molecular weight excluding hydrogens is 306 g/mol. The molecule has 5 heteroatoms. The molecule has 1 rings (SSSR count). The van der Waals surface area contributed by atoms with Crippen LogP contribution in [0.1, 0.15) is 46.1 Å². The first-order valence-electron chi connectivity index (χ1n) is 8.19.